The Morgan fingerprint density at radius 3 is 2.41 bits per heavy atom. The maximum atomic E-state index is 12.1. The SMILES string of the molecule is CC.CCNC(=O)C(CC1CCOCC1)n1cc(O)cn1.SC1CCCC1. The van der Waals surface area contributed by atoms with Gasteiger partial charge in [0.2, 0.25) is 5.91 Å². The first kappa shape index (κ1) is 23.8. The molecule has 0 spiro atoms. The van der Waals surface area contributed by atoms with E-state index in [-0.39, 0.29) is 17.7 Å². The van der Waals surface area contributed by atoms with E-state index in [1.165, 1.54) is 38.1 Å². The van der Waals surface area contributed by atoms with Crippen LogP contribution in [0.3, 0.4) is 0 Å². The number of ether oxygens (including phenoxy) is 1. The van der Waals surface area contributed by atoms with E-state index in [0.29, 0.717) is 12.5 Å². The molecular formula is C20H37N3O3S. The summed E-state index contributed by atoms with van der Waals surface area (Å²) in [6.45, 7) is 8.01. The summed E-state index contributed by atoms with van der Waals surface area (Å²) in [5.74, 6) is 0.506. The monoisotopic (exact) mass is 399 g/mol. The number of likely N-dealkylation sites (N-methyl/N-ethyl adjacent to an activating group) is 1. The van der Waals surface area contributed by atoms with Gasteiger partial charge in [0.05, 0.1) is 12.4 Å². The molecule has 1 aromatic rings. The number of aromatic hydroxyl groups is 1. The molecule has 156 valence electrons. The summed E-state index contributed by atoms with van der Waals surface area (Å²) in [6, 6.07) is -0.357. The van der Waals surface area contributed by atoms with Crippen molar-refractivity contribution in [2.75, 3.05) is 19.8 Å². The van der Waals surface area contributed by atoms with Crippen molar-refractivity contribution in [2.24, 2.45) is 5.92 Å². The van der Waals surface area contributed by atoms with Gasteiger partial charge in [-0.05, 0) is 44.9 Å². The number of carbonyl (C=O) groups excluding carboxylic acids is 1. The highest BCUT2D eigenvalue weighted by Crippen LogP contribution is 2.26. The molecule has 1 aliphatic carbocycles. The third-order valence-corrected chi connectivity index (χ3v) is 5.30. The minimum Gasteiger partial charge on any atom is -0.505 e. The molecule has 1 amide bonds. The minimum atomic E-state index is -0.357. The molecule has 1 aromatic heterocycles. The Hall–Kier alpha value is -1.21. The molecule has 0 aromatic carbocycles. The Labute approximate surface area is 169 Å². The molecule has 1 unspecified atom stereocenters. The van der Waals surface area contributed by atoms with Crippen molar-refractivity contribution in [1.29, 1.82) is 0 Å². The minimum absolute atomic E-state index is 0.0444. The maximum absolute atomic E-state index is 12.1. The summed E-state index contributed by atoms with van der Waals surface area (Å²) in [4.78, 5) is 12.1. The first-order valence-corrected chi connectivity index (χ1v) is 10.9. The van der Waals surface area contributed by atoms with E-state index in [1.54, 1.807) is 4.68 Å². The Kier molecular flexibility index (Phi) is 12.3. The van der Waals surface area contributed by atoms with Gasteiger partial charge in [0.15, 0.2) is 5.75 Å². The molecule has 0 bridgehead atoms. The van der Waals surface area contributed by atoms with E-state index >= 15 is 0 Å². The van der Waals surface area contributed by atoms with Crippen LogP contribution in [0.2, 0.25) is 0 Å². The molecule has 2 aliphatic rings. The molecule has 6 nitrogen and oxygen atoms in total. The van der Waals surface area contributed by atoms with Gasteiger partial charge in [-0.15, -0.1) is 0 Å². The van der Waals surface area contributed by atoms with Gasteiger partial charge in [0.25, 0.3) is 0 Å². The van der Waals surface area contributed by atoms with Crippen molar-refractivity contribution in [2.45, 2.75) is 77.0 Å². The van der Waals surface area contributed by atoms with Gasteiger partial charge in [0.1, 0.15) is 6.04 Å². The van der Waals surface area contributed by atoms with Crippen LogP contribution in [0.4, 0.5) is 0 Å². The second-order valence-corrected chi connectivity index (χ2v) is 7.55. The molecule has 2 fully saturated rings. The Balaban J connectivity index is 0.000000381. The number of amides is 1. The number of nitrogens with one attached hydrogen (secondary N) is 1. The molecule has 3 rings (SSSR count). The highest BCUT2D eigenvalue weighted by Gasteiger charge is 2.26. The lowest BCUT2D eigenvalue weighted by Crippen LogP contribution is -2.34. The van der Waals surface area contributed by atoms with Gasteiger partial charge >= 0.3 is 0 Å². The first-order chi connectivity index (χ1) is 13.1. The second-order valence-electron chi connectivity index (χ2n) is 6.82. The van der Waals surface area contributed by atoms with Gasteiger partial charge in [-0.2, -0.15) is 17.7 Å². The molecule has 1 aliphatic heterocycles. The third kappa shape index (κ3) is 9.02. The normalized spacial score (nSPS) is 18.7. The molecule has 0 radical (unpaired) electrons. The van der Waals surface area contributed by atoms with Crippen LogP contribution in [0.5, 0.6) is 5.75 Å². The van der Waals surface area contributed by atoms with E-state index < -0.39 is 0 Å². The molecule has 7 heteroatoms. The fraction of sp³-hybridized carbons (Fsp3) is 0.800. The second kappa shape index (κ2) is 13.9. The molecule has 2 N–H and O–H groups in total. The van der Waals surface area contributed by atoms with Crippen LogP contribution in [0.15, 0.2) is 12.4 Å². The van der Waals surface area contributed by atoms with E-state index in [2.05, 4.69) is 23.0 Å². The predicted molar refractivity (Wildman–Crippen MR) is 112 cm³/mol. The van der Waals surface area contributed by atoms with Crippen LogP contribution in [0.1, 0.15) is 71.8 Å². The molecule has 27 heavy (non-hydrogen) atoms. The fourth-order valence-electron chi connectivity index (χ4n) is 3.33. The van der Waals surface area contributed by atoms with Crippen LogP contribution in [-0.2, 0) is 9.53 Å². The topological polar surface area (TPSA) is 76.4 Å². The summed E-state index contributed by atoms with van der Waals surface area (Å²) in [5, 5.41) is 17.0. The van der Waals surface area contributed by atoms with Crippen LogP contribution >= 0.6 is 12.6 Å². The van der Waals surface area contributed by atoms with Gasteiger partial charge in [0, 0.05) is 25.0 Å². The molecular weight excluding hydrogens is 362 g/mol. The maximum Gasteiger partial charge on any atom is 0.244 e. The average molecular weight is 400 g/mol. The highest BCUT2D eigenvalue weighted by atomic mass is 32.1. The van der Waals surface area contributed by atoms with Gasteiger partial charge in [-0.25, -0.2) is 0 Å². The van der Waals surface area contributed by atoms with Crippen LogP contribution in [0, 0.1) is 5.92 Å². The van der Waals surface area contributed by atoms with Crippen molar-refractivity contribution >= 4 is 18.5 Å². The number of aromatic nitrogens is 2. The van der Waals surface area contributed by atoms with E-state index in [1.807, 2.05) is 20.8 Å². The zero-order valence-electron chi connectivity index (χ0n) is 17.1. The number of hydrogen-bond acceptors (Lipinski definition) is 5. The van der Waals surface area contributed by atoms with Gasteiger partial charge < -0.3 is 15.2 Å². The zero-order chi connectivity index (χ0) is 20.1. The van der Waals surface area contributed by atoms with E-state index in [9.17, 15) is 9.90 Å². The lowest BCUT2D eigenvalue weighted by molar-refractivity contribution is -0.125. The molecule has 1 saturated heterocycles. The Morgan fingerprint density at radius 2 is 1.96 bits per heavy atom. The van der Waals surface area contributed by atoms with Crippen molar-refractivity contribution in [1.82, 2.24) is 15.1 Å². The van der Waals surface area contributed by atoms with Crippen LogP contribution < -0.4 is 5.32 Å². The quantitative estimate of drug-likeness (QED) is 0.655. The van der Waals surface area contributed by atoms with Crippen LogP contribution in [0.25, 0.3) is 0 Å². The predicted octanol–water partition coefficient (Wildman–Crippen LogP) is 3.97. The van der Waals surface area contributed by atoms with E-state index in [0.717, 1.165) is 37.7 Å². The summed E-state index contributed by atoms with van der Waals surface area (Å²) < 4.78 is 6.89. The Bertz CT molecular complexity index is 512. The lowest BCUT2D eigenvalue weighted by atomic mass is 9.92. The van der Waals surface area contributed by atoms with Crippen LogP contribution in [-0.4, -0.2) is 45.8 Å². The van der Waals surface area contributed by atoms with Gasteiger partial charge in [-0.3, -0.25) is 9.48 Å². The standard InChI is InChI=1S/C13H21N3O3.C5H10S.C2H6/c1-2-14-13(18)12(16-9-11(17)8-15-16)7-10-3-5-19-6-4-10;6-5-3-1-2-4-5;1-2/h8-10,12,17H,2-7H2,1H3,(H,14,18);5-6H,1-4H2;1-2H3. The van der Waals surface area contributed by atoms with Crippen molar-refractivity contribution in [3.8, 4) is 5.75 Å². The Morgan fingerprint density at radius 1 is 1.33 bits per heavy atom. The summed E-state index contributed by atoms with van der Waals surface area (Å²) in [5.41, 5.74) is 0. The zero-order valence-corrected chi connectivity index (χ0v) is 18.0. The highest BCUT2D eigenvalue weighted by molar-refractivity contribution is 7.80. The van der Waals surface area contributed by atoms with Crippen molar-refractivity contribution in [3.63, 3.8) is 0 Å². The summed E-state index contributed by atoms with van der Waals surface area (Å²) >= 11 is 4.29. The first-order valence-electron chi connectivity index (χ1n) is 10.4. The summed E-state index contributed by atoms with van der Waals surface area (Å²) in [6.07, 6.45) is 11.1. The van der Waals surface area contributed by atoms with Crippen molar-refractivity contribution < 1.29 is 14.6 Å². The van der Waals surface area contributed by atoms with Crippen molar-refractivity contribution in [3.05, 3.63) is 12.4 Å². The molecule has 2 heterocycles. The number of nitrogens with zero attached hydrogens (tertiary/aromatic N) is 2. The fourth-order valence-corrected chi connectivity index (χ4v) is 3.69. The largest absolute Gasteiger partial charge is 0.505 e. The van der Waals surface area contributed by atoms with Gasteiger partial charge in [-0.1, -0.05) is 26.7 Å². The lowest BCUT2D eigenvalue weighted by Gasteiger charge is -2.26. The molecule has 1 saturated carbocycles. The average Bonchev–Trinajstić information content (AvgIpc) is 3.34. The number of rotatable bonds is 5. The molecule has 1 atom stereocenters. The number of hydrogen-bond donors (Lipinski definition) is 3. The smallest absolute Gasteiger partial charge is 0.244 e. The third-order valence-electron chi connectivity index (χ3n) is 4.78. The summed E-state index contributed by atoms with van der Waals surface area (Å²) in [7, 11) is 0. The van der Waals surface area contributed by atoms with E-state index in [4.69, 9.17) is 4.74 Å². The number of thiol groups is 1. The number of carbonyl (C=O) groups is 1.